The molecule has 4 heteroatoms. The van der Waals surface area contributed by atoms with Gasteiger partial charge in [-0.1, -0.05) is 0 Å². The Morgan fingerprint density at radius 2 is 2.25 bits per heavy atom. The van der Waals surface area contributed by atoms with E-state index in [0.717, 1.165) is 0 Å². The van der Waals surface area contributed by atoms with E-state index in [4.69, 9.17) is 15.9 Å². The van der Waals surface area contributed by atoms with Gasteiger partial charge in [-0.05, 0) is 6.92 Å². The molecule has 0 fully saturated rings. The molecule has 0 aliphatic rings. The molecule has 0 spiro atoms. The van der Waals surface area contributed by atoms with Crippen LogP contribution in [0, 0.1) is 0 Å². The molecule has 0 heterocycles. The van der Waals surface area contributed by atoms with E-state index in [-0.39, 0.29) is 0 Å². The standard InChI is InChI=1S/C4H9NO3/c1-4(5,8)2-3(6)7/h8H,2,5H2,1H3,(H,6,7)/t4-/m0/s1. The van der Waals surface area contributed by atoms with E-state index in [0.29, 0.717) is 0 Å². The quantitative estimate of drug-likeness (QED) is 0.412. The number of hydrogen-bond donors (Lipinski definition) is 3. The molecule has 0 unspecified atom stereocenters. The highest BCUT2D eigenvalue weighted by Crippen LogP contribution is 1.97. The summed E-state index contributed by atoms with van der Waals surface area (Å²) in [6.45, 7) is 1.24. The minimum atomic E-state index is -1.58. The first kappa shape index (κ1) is 7.39. The van der Waals surface area contributed by atoms with E-state index in [9.17, 15) is 4.79 Å². The first-order chi connectivity index (χ1) is 3.42. The van der Waals surface area contributed by atoms with E-state index >= 15 is 0 Å². The summed E-state index contributed by atoms with van der Waals surface area (Å²) in [6, 6.07) is 0. The monoisotopic (exact) mass is 119 g/mol. The average Bonchev–Trinajstić information content (AvgIpc) is 1.21. The van der Waals surface area contributed by atoms with Gasteiger partial charge in [0.05, 0.1) is 6.42 Å². The first-order valence-electron chi connectivity index (χ1n) is 2.15. The number of rotatable bonds is 2. The van der Waals surface area contributed by atoms with Gasteiger partial charge in [-0.15, -0.1) is 0 Å². The van der Waals surface area contributed by atoms with Gasteiger partial charge in [0.2, 0.25) is 0 Å². The molecule has 8 heavy (non-hydrogen) atoms. The van der Waals surface area contributed by atoms with Crippen LogP contribution in [0.5, 0.6) is 0 Å². The Labute approximate surface area is 46.9 Å². The maximum absolute atomic E-state index is 9.77. The SMILES string of the molecule is C[C@](N)(O)CC(=O)O. The molecular weight excluding hydrogens is 110 g/mol. The highest BCUT2D eigenvalue weighted by atomic mass is 16.4. The lowest BCUT2D eigenvalue weighted by molar-refractivity contribution is -0.141. The molecule has 0 amide bonds. The van der Waals surface area contributed by atoms with Crippen molar-refractivity contribution >= 4 is 5.97 Å². The maximum Gasteiger partial charge on any atom is 0.307 e. The summed E-state index contributed by atoms with van der Waals surface area (Å²) in [5, 5.41) is 16.6. The molecular formula is C4H9NO3. The Bertz CT molecular complexity index is 93.9. The van der Waals surface area contributed by atoms with Gasteiger partial charge in [0.1, 0.15) is 5.72 Å². The van der Waals surface area contributed by atoms with E-state index in [1.165, 1.54) is 6.92 Å². The normalized spacial score (nSPS) is 17.4. The topological polar surface area (TPSA) is 83.5 Å². The van der Waals surface area contributed by atoms with Crippen LogP contribution < -0.4 is 5.73 Å². The number of carboxylic acids is 1. The molecule has 0 saturated heterocycles. The zero-order valence-corrected chi connectivity index (χ0v) is 4.59. The molecule has 0 aliphatic heterocycles. The summed E-state index contributed by atoms with van der Waals surface area (Å²) in [4.78, 5) is 9.77. The van der Waals surface area contributed by atoms with Crippen molar-refractivity contribution in [2.75, 3.05) is 0 Å². The van der Waals surface area contributed by atoms with Crippen LogP contribution in [-0.4, -0.2) is 21.9 Å². The van der Waals surface area contributed by atoms with Crippen LogP contribution >= 0.6 is 0 Å². The highest BCUT2D eigenvalue weighted by Gasteiger charge is 2.16. The fourth-order valence-electron chi connectivity index (χ4n) is 0.306. The number of hydrogen-bond acceptors (Lipinski definition) is 3. The van der Waals surface area contributed by atoms with E-state index < -0.39 is 18.1 Å². The van der Waals surface area contributed by atoms with Crippen molar-refractivity contribution in [2.45, 2.75) is 19.1 Å². The second-order valence-electron chi connectivity index (χ2n) is 1.93. The van der Waals surface area contributed by atoms with Crippen molar-refractivity contribution in [3.63, 3.8) is 0 Å². The lowest BCUT2D eigenvalue weighted by Gasteiger charge is -2.12. The fourth-order valence-corrected chi connectivity index (χ4v) is 0.306. The van der Waals surface area contributed by atoms with Crippen molar-refractivity contribution in [1.82, 2.24) is 0 Å². The smallest absolute Gasteiger partial charge is 0.307 e. The maximum atomic E-state index is 9.77. The molecule has 0 aromatic carbocycles. The summed E-state index contributed by atoms with van der Waals surface area (Å²) >= 11 is 0. The van der Waals surface area contributed by atoms with Gasteiger partial charge < -0.3 is 15.9 Å². The minimum absolute atomic E-state index is 0.424. The largest absolute Gasteiger partial charge is 0.481 e. The molecule has 0 aromatic heterocycles. The van der Waals surface area contributed by atoms with E-state index in [1.807, 2.05) is 0 Å². The molecule has 0 aliphatic carbocycles. The Morgan fingerprint density at radius 1 is 1.88 bits per heavy atom. The number of nitrogens with two attached hydrogens (primary N) is 1. The molecule has 48 valence electrons. The molecule has 0 aromatic rings. The summed E-state index contributed by atoms with van der Waals surface area (Å²) in [5.74, 6) is -1.10. The molecule has 0 rings (SSSR count). The molecule has 4 N–H and O–H groups in total. The average molecular weight is 119 g/mol. The van der Waals surface area contributed by atoms with Crippen molar-refractivity contribution in [3.05, 3.63) is 0 Å². The Morgan fingerprint density at radius 3 is 2.25 bits per heavy atom. The fraction of sp³-hybridized carbons (Fsp3) is 0.750. The van der Waals surface area contributed by atoms with Crippen LogP contribution in [0.15, 0.2) is 0 Å². The molecule has 0 bridgehead atoms. The van der Waals surface area contributed by atoms with E-state index in [1.54, 1.807) is 0 Å². The number of carboxylic acid groups (broad SMARTS) is 1. The van der Waals surface area contributed by atoms with Gasteiger partial charge in [-0.3, -0.25) is 4.79 Å². The lowest BCUT2D eigenvalue weighted by Crippen LogP contribution is -2.37. The van der Waals surface area contributed by atoms with Gasteiger partial charge in [-0.2, -0.15) is 0 Å². The molecule has 0 saturated carbocycles. The van der Waals surface area contributed by atoms with Crippen LogP contribution in [0.2, 0.25) is 0 Å². The van der Waals surface area contributed by atoms with Gasteiger partial charge >= 0.3 is 5.97 Å². The van der Waals surface area contributed by atoms with Crippen LogP contribution in [0.1, 0.15) is 13.3 Å². The zero-order valence-electron chi connectivity index (χ0n) is 4.59. The van der Waals surface area contributed by atoms with Gasteiger partial charge in [0.25, 0.3) is 0 Å². The third-order valence-electron chi connectivity index (χ3n) is 0.509. The van der Waals surface area contributed by atoms with Crippen LogP contribution in [-0.2, 0) is 4.79 Å². The first-order valence-corrected chi connectivity index (χ1v) is 2.15. The second-order valence-corrected chi connectivity index (χ2v) is 1.93. The molecule has 1 atom stereocenters. The number of aliphatic carboxylic acids is 1. The molecule has 0 radical (unpaired) electrons. The summed E-state index contributed by atoms with van der Waals surface area (Å²) < 4.78 is 0. The Hall–Kier alpha value is -0.610. The Balaban J connectivity index is 3.55. The van der Waals surface area contributed by atoms with Crippen molar-refractivity contribution in [1.29, 1.82) is 0 Å². The number of carbonyl (C=O) groups is 1. The van der Waals surface area contributed by atoms with Gasteiger partial charge in [0, 0.05) is 0 Å². The Kier molecular flexibility index (Phi) is 1.94. The van der Waals surface area contributed by atoms with Crippen molar-refractivity contribution in [2.24, 2.45) is 5.73 Å². The van der Waals surface area contributed by atoms with E-state index in [2.05, 4.69) is 0 Å². The minimum Gasteiger partial charge on any atom is -0.481 e. The molecule has 4 nitrogen and oxygen atoms in total. The van der Waals surface area contributed by atoms with Crippen LogP contribution in [0.3, 0.4) is 0 Å². The van der Waals surface area contributed by atoms with Crippen LogP contribution in [0.4, 0.5) is 0 Å². The van der Waals surface area contributed by atoms with Crippen molar-refractivity contribution in [3.8, 4) is 0 Å². The van der Waals surface area contributed by atoms with Crippen LogP contribution in [0.25, 0.3) is 0 Å². The van der Waals surface area contributed by atoms with Crippen molar-refractivity contribution < 1.29 is 15.0 Å². The summed E-state index contributed by atoms with van der Waals surface area (Å²) in [6.07, 6.45) is -0.424. The lowest BCUT2D eigenvalue weighted by atomic mass is 10.2. The second kappa shape index (κ2) is 2.11. The zero-order chi connectivity index (χ0) is 6.78. The van der Waals surface area contributed by atoms with Gasteiger partial charge in [0.15, 0.2) is 0 Å². The highest BCUT2D eigenvalue weighted by molar-refractivity contribution is 5.67. The summed E-state index contributed by atoms with van der Waals surface area (Å²) in [5.41, 5.74) is 3.33. The summed E-state index contributed by atoms with van der Waals surface area (Å²) in [7, 11) is 0. The third kappa shape index (κ3) is 5.39. The third-order valence-corrected chi connectivity index (χ3v) is 0.509. The van der Waals surface area contributed by atoms with Gasteiger partial charge in [-0.25, -0.2) is 0 Å². The predicted molar refractivity (Wildman–Crippen MR) is 27.1 cm³/mol. The number of aliphatic hydroxyl groups is 1. The predicted octanol–water partition coefficient (Wildman–Crippen LogP) is -0.872.